The summed E-state index contributed by atoms with van der Waals surface area (Å²) in [6.45, 7) is 5.44. The normalized spacial score (nSPS) is 19.9. The number of aryl methyl sites for hydroxylation is 1. The number of hydrogen-bond donors (Lipinski definition) is 2. The Hall–Kier alpha value is -2.13. The van der Waals surface area contributed by atoms with E-state index in [-0.39, 0.29) is 17.5 Å². The maximum atomic E-state index is 13.9. The average Bonchev–Trinajstić information content (AvgIpc) is 2.86. The predicted octanol–water partition coefficient (Wildman–Crippen LogP) is 3.83. The van der Waals surface area contributed by atoms with E-state index in [1.165, 1.54) is 6.07 Å². The molecule has 0 aromatic heterocycles. The number of nitrogens with zero attached hydrogens (tertiary/aromatic N) is 1. The highest BCUT2D eigenvalue weighted by atomic mass is 32.2. The molecule has 0 amide bonds. The van der Waals surface area contributed by atoms with E-state index in [2.05, 4.69) is 0 Å². The van der Waals surface area contributed by atoms with Crippen molar-refractivity contribution in [2.45, 2.75) is 76.0 Å². The quantitative estimate of drug-likeness (QED) is 0.540. The first-order valence-electron chi connectivity index (χ1n) is 12.6. The van der Waals surface area contributed by atoms with Gasteiger partial charge in [-0.15, -0.1) is 0 Å². The Morgan fingerprint density at radius 1 is 1.14 bits per heavy atom. The fourth-order valence-electron chi connectivity index (χ4n) is 5.07. The molecule has 1 fully saturated rings. The second-order valence-electron chi connectivity index (χ2n) is 9.71. The topological polar surface area (TPSA) is 96.3 Å². The molecule has 8 heteroatoms. The Labute approximate surface area is 208 Å². The van der Waals surface area contributed by atoms with Gasteiger partial charge in [0.05, 0.1) is 29.9 Å². The van der Waals surface area contributed by atoms with Gasteiger partial charge in [0.2, 0.25) is 0 Å². The molecule has 4 rings (SSSR count). The van der Waals surface area contributed by atoms with Crippen molar-refractivity contribution in [1.82, 2.24) is 0 Å². The van der Waals surface area contributed by atoms with E-state index in [1.807, 2.05) is 25.1 Å². The molecule has 0 bridgehead atoms. The van der Waals surface area contributed by atoms with Gasteiger partial charge in [0, 0.05) is 24.8 Å². The summed E-state index contributed by atoms with van der Waals surface area (Å²) in [5.74, 6) is 0.916. The minimum absolute atomic E-state index is 0.142. The summed E-state index contributed by atoms with van der Waals surface area (Å²) in [7, 11) is -3.86. The van der Waals surface area contributed by atoms with Crippen molar-refractivity contribution in [3.05, 3.63) is 53.1 Å². The predicted molar refractivity (Wildman–Crippen MR) is 135 cm³/mol. The molecule has 0 spiro atoms. The number of benzene rings is 2. The molecule has 1 saturated heterocycles. The largest absolute Gasteiger partial charge is 0.493 e. The van der Waals surface area contributed by atoms with Crippen LogP contribution in [0, 0.1) is 5.92 Å². The Morgan fingerprint density at radius 3 is 2.60 bits per heavy atom. The number of aliphatic hydroxyl groups is 2. The van der Waals surface area contributed by atoms with Crippen LogP contribution in [0.25, 0.3) is 0 Å². The van der Waals surface area contributed by atoms with Crippen LogP contribution in [0.15, 0.2) is 41.3 Å². The van der Waals surface area contributed by atoms with E-state index >= 15 is 0 Å². The lowest BCUT2D eigenvalue weighted by Gasteiger charge is -2.38. The van der Waals surface area contributed by atoms with Crippen molar-refractivity contribution in [1.29, 1.82) is 0 Å². The summed E-state index contributed by atoms with van der Waals surface area (Å²) >= 11 is 0. The summed E-state index contributed by atoms with van der Waals surface area (Å²) in [6, 6.07) is 10.4. The number of aliphatic hydroxyl groups excluding tert-OH is 2. The Balaban J connectivity index is 1.62. The molecule has 2 aromatic carbocycles. The third-order valence-corrected chi connectivity index (χ3v) is 8.90. The molecule has 2 unspecified atom stereocenters. The molecular formula is C27H37NO6S. The first kappa shape index (κ1) is 25.9. The molecule has 35 heavy (non-hydrogen) atoms. The van der Waals surface area contributed by atoms with Crippen LogP contribution >= 0.6 is 0 Å². The van der Waals surface area contributed by atoms with Crippen LogP contribution in [0.2, 0.25) is 0 Å². The first-order chi connectivity index (χ1) is 16.8. The highest BCUT2D eigenvalue weighted by molar-refractivity contribution is 7.92. The van der Waals surface area contributed by atoms with Crippen molar-refractivity contribution in [2.75, 3.05) is 24.1 Å². The van der Waals surface area contributed by atoms with E-state index in [0.717, 1.165) is 50.0 Å². The number of rotatable bonds is 9. The molecule has 192 valence electrons. The SMILES string of the molecule is CCC1CCc2cc(CC(C)O)ccc2N1S(=O)(=O)c1ccc(OCC2CCOCC2)c(CO)c1. The van der Waals surface area contributed by atoms with Gasteiger partial charge in [0.25, 0.3) is 10.0 Å². The number of fused-ring (bicyclic) bond motifs is 1. The van der Waals surface area contributed by atoms with E-state index < -0.39 is 16.1 Å². The van der Waals surface area contributed by atoms with Gasteiger partial charge < -0.3 is 19.7 Å². The second-order valence-corrected chi connectivity index (χ2v) is 11.5. The zero-order chi connectivity index (χ0) is 25.0. The fourth-order valence-corrected chi connectivity index (χ4v) is 6.91. The lowest BCUT2D eigenvalue weighted by Crippen LogP contribution is -2.43. The molecule has 7 nitrogen and oxygen atoms in total. The van der Waals surface area contributed by atoms with Crippen molar-refractivity contribution in [2.24, 2.45) is 5.92 Å². The van der Waals surface area contributed by atoms with E-state index in [4.69, 9.17) is 9.47 Å². The Morgan fingerprint density at radius 2 is 1.91 bits per heavy atom. The Bertz CT molecular complexity index is 1110. The summed E-state index contributed by atoms with van der Waals surface area (Å²) in [5, 5.41) is 19.7. The lowest BCUT2D eigenvalue weighted by molar-refractivity contribution is 0.0494. The van der Waals surface area contributed by atoms with Crippen LogP contribution in [0.4, 0.5) is 5.69 Å². The summed E-state index contributed by atoms with van der Waals surface area (Å²) in [5.41, 5.74) is 3.15. The molecular weight excluding hydrogens is 466 g/mol. The van der Waals surface area contributed by atoms with Gasteiger partial charge in [-0.2, -0.15) is 0 Å². The molecule has 2 aliphatic rings. The first-order valence-corrected chi connectivity index (χ1v) is 14.1. The maximum absolute atomic E-state index is 13.9. The number of ether oxygens (including phenoxy) is 2. The molecule has 0 aliphatic carbocycles. The Kier molecular flexibility index (Phi) is 8.37. The third kappa shape index (κ3) is 5.82. The highest BCUT2D eigenvalue weighted by Crippen LogP contribution is 2.38. The monoisotopic (exact) mass is 503 g/mol. The van der Waals surface area contributed by atoms with Crippen LogP contribution < -0.4 is 9.04 Å². The van der Waals surface area contributed by atoms with Crippen molar-refractivity contribution in [3.63, 3.8) is 0 Å². The van der Waals surface area contributed by atoms with Crippen LogP contribution in [-0.4, -0.2) is 50.6 Å². The maximum Gasteiger partial charge on any atom is 0.264 e. The van der Waals surface area contributed by atoms with Crippen molar-refractivity contribution >= 4 is 15.7 Å². The van der Waals surface area contributed by atoms with Gasteiger partial charge >= 0.3 is 0 Å². The number of anilines is 1. The van der Waals surface area contributed by atoms with Gasteiger partial charge in [0.15, 0.2) is 0 Å². The van der Waals surface area contributed by atoms with Gasteiger partial charge in [-0.25, -0.2) is 8.42 Å². The average molecular weight is 504 g/mol. The number of hydrogen-bond acceptors (Lipinski definition) is 6. The van der Waals surface area contributed by atoms with Crippen molar-refractivity contribution < 1.29 is 28.1 Å². The standard InChI is InChI=1S/C27H37NO6S/c1-3-24-6-5-22-15-21(14-19(2)30)4-8-26(22)28(24)35(31,32)25-7-9-27(23(16-25)17-29)34-18-20-10-12-33-13-11-20/h4,7-9,15-16,19-20,24,29-30H,3,5-6,10-14,17-18H2,1-2H3. The summed E-state index contributed by atoms with van der Waals surface area (Å²) in [6.07, 6.45) is 4.19. The third-order valence-electron chi connectivity index (χ3n) is 7.04. The van der Waals surface area contributed by atoms with Gasteiger partial charge in [0.1, 0.15) is 5.75 Å². The summed E-state index contributed by atoms with van der Waals surface area (Å²) < 4.78 is 40.8. The molecule has 2 N–H and O–H groups in total. The van der Waals surface area contributed by atoms with E-state index in [9.17, 15) is 18.6 Å². The molecule has 0 saturated carbocycles. The fraction of sp³-hybridized carbons (Fsp3) is 0.556. The highest BCUT2D eigenvalue weighted by Gasteiger charge is 2.35. The zero-order valence-corrected chi connectivity index (χ0v) is 21.5. The van der Waals surface area contributed by atoms with Crippen molar-refractivity contribution in [3.8, 4) is 5.75 Å². The van der Waals surface area contributed by atoms with Crippen LogP contribution in [-0.2, 0) is 34.2 Å². The zero-order valence-electron chi connectivity index (χ0n) is 20.7. The van der Waals surface area contributed by atoms with E-state index in [1.54, 1.807) is 23.4 Å². The van der Waals surface area contributed by atoms with Crippen LogP contribution in [0.1, 0.15) is 56.2 Å². The summed E-state index contributed by atoms with van der Waals surface area (Å²) in [4.78, 5) is 0.152. The van der Waals surface area contributed by atoms with Gasteiger partial charge in [-0.1, -0.05) is 19.1 Å². The van der Waals surface area contributed by atoms with Gasteiger partial charge in [-0.3, -0.25) is 4.31 Å². The molecule has 2 atom stereocenters. The number of sulfonamides is 1. The minimum Gasteiger partial charge on any atom is -0.493 e. The molecule has 2 aliphatic heterocycles. The smallest absolute Gasteiger partial charge is 0.264 e. The lowest BCUT2D eigenvalue weighted by atomic mass is 9.94. The molecule has 2 heterocycles. The van der Waals surface area contributed by atoms with Crippen LogP contribution in [0.3, 0.4) is 0 Å². The minimum atomic E-state index is -3.86. The van der Waals surface area contributed by atoms with Gasteiger partial charge in [-0.05, 0) is 86.8 Å². The van der Waals surface area contributed by atoms with E-state index in [0.29, 0.717) is 42.4 Å². The molecule has 0 radical (unpaired) electrons. The van der Waals surface area contributed by atoms with Crippen LogP contribution in [0.5, 0.6) is 5.75 Å². The molecule has 2 aromatic rings. The second kappa shape index (κ2) is 11.3.